The summed E-state index contributed by atoms with van der Waals surface area (Å²) in [6.07, 6.45) is 3.07. The Hall–Kier alpha value is -0.350. The smallest absolute Gasteiger partial charge is 0.153 e. The molecular weight excluding hydrogens is 176 g/mol. The van der Waals surface area contributed by atoms with Gasteiger partial charge in [0.2, 0.25) is 0 Å². The third kappa shape index (κ3) is 2.32. The molecule has 1 aliphatic rings. The third-order valence-electron chi connectivity index (χ3n) is 2.11. The first-order chi connectivity index (χ1) is 5.47. The summed E-state index contributed by atoms with van der Waals surface area (Å²) < 4.78 is 22.3. The van der Waals surface area contributed by atoms with E-state index in [-0.39, 0.29) is 11.5 Å². The molecule has 12 heavy (non-hydrogen) atoms. The molecule has 0 radical (unpaired) electrons. The SMILES string of the molecule is C=CCC1(O)CCCS(=O)(=O)C1. The monoisotopic (exact) mass is 190 g/mol. The molecule has 0 amide bonds. The van der Waals surface area contributed by atoms with E-state index in [1.807, 2.05) is 0 Å². The molecular formula is C8H14O3S. The van der Waals surface area contributed by atoms with Gasteiger partial charge in [0.05, 0.1) is 17.1 Å². The van der Waals surface area contributed by atoms with Gasteiger partial charge in [-0.05, 0) is 19.3 Å². The zero-order valence-corrected chi connectivity index (χ0v) is 7.81. The first-order valence-electron chi connectivity index (χ1n) is 4.01. The van der Waals surface area contributed by atoms with Crippen molar-refractivity contribution >= 4 is 9.84 Å². The van der Waals surface area contributed by atoms with Crippen molar-refractivity contribution in [1.29, 1.82) is 0 Å². The van der Waals surface area contributed by atoms with Crippen LogP contribution in [0.4, 0.5) is 0 Å². The van der Waals surface area contributed by atoms with Crippen LogP contribution >= 0.6 is 0 Å². The van der Waals surface area contributed by atoms with Crippen molar-refractivity contribution in [3.05, 3.63) is 12.7 Å². The summed E-state index contributed by atoms with van der Waals surface area (Å²) in [6, 6.07) is 0. The van der Waals surface area contributed by atoms with Crippen LogP contribution in [0.3, 0.4) is 0 Å². The predicted molar refractivity (Wildman–Crippen MR) is 47.7 cm³/mol. The van der Waals surface area contributed by atoms with Gasteiger partial charge < -0.3 is 5.11 Å². The number of rotatable bonds is 2. The molecule has 4 heteroatoms. The lowest BCUT2D eigenvalue weighted by atomic mass is 9.96. The maximum absolute atomic E-state index is 11.1. The molecule has 0 aromatic carbocycles. The molecule has 70 valence electrons. The fourth-order valence-corrected chi connectivity index (χ4v) is 3.41. The molecule has 1 aliphatic heterocycles. The molecule has 1 saturated heterocycles. The fraction of sp³-hybridized carbons (Fsp3) is 0.750. The lowest BCUT2D eigenvalue weighted by molar-refractivity contribution is 0.0531. The average molecular weight is 190 g/mol. The molecule has 1 heterocycles. The van der Waals surface area contributed by atoms with Crippen LogP contribution in [0.25, 0.3) is 0 Å². The van der Waals surface area contributed by atoms with Crippen LogP contribution < -0.4 is 0 Å². The van der Waals surface area contributed by atoms with Crippen LogP contribution in [0.15, 0.2) is 12.7 Å². The molecule has 1 N–H and O–H groups in total. The van der Waals surface area contributed by atoms with Crippen LogP contribution in [-0.4, -0.2) is 30.6 Å². The van der Waals surface area contributed by atoms with Crippen LogP contribution in [-0.2, 0) is 9.84 Å². The van der Waals surface area contributed by atoms with E-state index in [4.69, 9.17) is 0 Å². The van der Waals surface area contributed by atoms with Crippen molar-refractivity contribution in [2.75, 3.05) is 11.5 Å². The number of hydrogen-bond acceptors (Lipinski definition) is 3. The van der Waals surface area contributed by atoms with Crippen LogP contribution in [0.1, 0.15) is 19.3 Å². The van der Waals surface area contributed by atoms with E-state index in [9.17, 15) is 13.5 Å². The minimum absolute atomic E-state index is 0.105. The van der Waals surface area contributed by atoms with E-state index in [2.05, 4.69) is 6.58 Å². The third-order valence-corrected chi connectivity index (χ3v) is 4.00. The second kappa shape index (κ2) is 3.18. The van der Waals surface area contributed by atoms with Crippen molar-refractivity contribution in [1.82, 2.24) is 0 Å². The zero-order chi connectivity index (χ0) is 9.24. The Morgan fingerprint density at radius 3 is 2.75 bits per heavy atom. The van der Waals surface area contributed by atoms with E-state index in [1.165, 1.54) is 0 Å². The summed E-state index contributed by atoms with van der Waals surface area (Å²) in [4.78, 5) is 0. The minimum Gasteiger partial charge on any atom is -0.389 e. The van der Waals surface area contributed by atoms with Crippen LogP contribution in [0.2, 0.25) is 0 Å². The molecule has 1 atom stereocenters. The zero-order valence-electron chi connectivity index (χ0n) is 6.99. The Balaban J connectivity index is 2.74. The van der Waals surface area contributed by atoms with E-state index < -0.39 is 15.4 Å². The van der Waals surface area contributed by atoms with Gasteiger partial charge in [-0.15, -0.1) is 6.58 Å². The van der Waals surface area contributed by atoms with Gasteiger partial charge >= 0.3 is 0 Å². The van der Waals surface area contributed by atoms with Gasteiger partial charge in [0.1, 0.15) is 0 Å². The van der Waals surface area contributed by atoms with E-state index in [1.54, 1.807) is 6.08 Å². The van der Waals surface area contributed by atoms with Crippen molar-refractivity contribution in [2.24, 2.45) is 0 Å². The van der Waals surface area contributed by atoms with Gasteiger partial charge in [-0.2, -0.15) is 0 Å². The van der Waals surface area contributed by atoms with Crippen molar-refractivity contribution < 1.29 is 13.5 Å². The molecule has 1 fully saturated rings. The predicted octanol–water partition coefficient (Wildman–Crippen LogP) is 0.502. The maximum Gasteiger partial charge on any atom is 0.153 e. The van der Waals surface area contributed by atoms with E-state index in [0.29, 0.717) is 19.3 Å². The minimum atomic E-state index is -3.01. The van der Waals surface area contributed by atoms with Crippen molar-refractivity contribution in [2.45, 2.75) is 24.9 Å². The van der Waals surface area contributed by atoms with E-state index in [0.717, 1.165) is 0 Å². The number of sulfone groups is 1. The highest BCUT2D eigenvalue weighted by Gasteiger charge is 2.35. The Bertz CT molecular complexity index is 268. The summed E-state index contributed by atoms with van der Waals surface area (Å²) >= 11 is 0. The van der Waals surface area contributed by atoms with Crippen molar-refractivity contribution in [3.8, 4) is 0 Å². The first-order valence-corrected chi connectivity index (χ1v) is 5.83. The first kappa shape index (κ1) is 9.74. The lowest BCUT2D eigenvalue weighted by Gasteiger charge is -2.30. The summed E-state index contributed by atoms with van der Waals surface area (Å²) in [5.74, 6) is 0.110. The van der Waals surface area contributed by atoms with Gasteiger partial charge in [0, 0.05) is 0 Å². The van der Waals surface area contributed by atoms with Gasteiger partial charge in [-0.1, -0.05) is 6.08 Å². The van der Waals surface area contributed by atoms with E-state index >= 15 is 0 Å². The second-order valence-electron chi connectivity index (χ2n) is 3.41. The fourth-order valence-electron chi connectivity index (χ4n) is 1.60. The molecule has 3 nitrogen and oxygen atoms in total. The standard InChI is InChI=1S/C8H14O3S/c1-2-4-8(9)5-3-6-12(10,11)7-8/h2,9H,1,3-7H2. The largest absolute Gasteiger partial charge is 0.389 e. The highest BCUT2D eigenvalue weighted by molar-refractivity contribution is 7.91. The molecule has 0 saturated carbocycles. The molecule has 0 bridgehead atoms. The highest BCUT2D eigenvalue weighted by atomic mass is 32.2. The topological polar surface area (TPSA) is 54.4 Å². The maximum atomic E-state index is 11.1. The number of hydrogen-bond donors (Lipinski definition) is 1. The van der Waals surface area contributed by atoms with Crippen LogP contribution in [0.5, 0.6) is 0 Å². The van der Waals surface area contributed by atoms with Gasteiger partial charge in [-0.25, -0.2) is 8.42 Å². The Labute approximate surface area is 73.0 Å². The second-order valence-corrected chi connectivity index (χ2v) is 5.60. The Kier molecular flexibility index (Phi) is 2.58. The molecule has 0 aromatic rings. The molecule has 0 aliphatic carbocycles. The molecule has 1 unspecified atom stereocenters. The van der Waals surface area contributed by atoms with Crippen molar-refractivity contribution in [3.63, 3.8) is 0 Å². The molecule has 0 spiro atoms. The highest BCUT2D eigenvalue weighted by Crippen LogP contribution is 2.25. The normalized spacial score (nSPS) is 34.4. The van der Waals surface area contributed by atoms with Gasteiger partial charge in [0.25, 0.3) is 0 Å². The Morgan fingerprint density at radius 1 is 1.58 bits per heavy atom. The van der Waals surface area contributed by atoms with Crippen LogP contribution in [0, 0.1) is 0 Å². The Morgan fingerprint density at radius 2 is 2.25 bits per heavy atom. The van der Waals surface area contributed by atoms with Gasteiger partial charge in [-0.3, -0.25) is 0 Å². The molecule has 1 rings (SSSR count). The quantitative estimate of drug-likeness (QED) is 0.645. The summed E-state index contributed by atoms with van der Waals surface area (Å²) in [6.45, 7) is 3.49. The summed E-state index contributed by atoms with van der Waals surface area (Å²) in [5.41, 5.74) is -1.04. The summed E-state index contributed by atoms with van der Waals surface area (Å²) in [5, 5.41) is 9.76. The lowest BCUT2D eigenvalue weighted by Crippen LogP contribution is -2.41. The number of aliphatic hydroxyl groups is 1. The molecule has 0 aromatic heterocycles. The van der Waals surface area contributed by atoms with Gasteiger partial charge in [0.15, 0.2) is 9.84 Å². The summed E-state index contributed by atoms with van der Waals surface area (Å²) in [7, 11) is -3.01. The average Bonchev–Trinajstić information content (AvgIpc) is 1.83.